The zero-order valence-corrected chi connectivity index (χ0v) is 13.1. The molecule has 0 spiro atoms. The predicted octanol–water partition coefficient (Wildman–Crippen LogP) is 4.11. The number of rotatable bonds is 3. The summed E-state index contributed by atoms with van der Waals surface area (Å²) in [5, 5.41) is 0.669. The van der Waals surface area contributed by atoms with Crippen LogP contribution in [-0.4, -0.2) is 9.55 Å². The molecule has 0 saturated heterocycles. The van der Waals surface area contributed by atoms with E-state index in [1.165, 1.54) is 0 Å². The Morgan fingerprint density at radius 2 is 1.54 bits per heavy atom. The molecule has 2 heterocycles. The second kappa shape index (κ2) is 6.13. The predicted molar refractivity (Wildman–Crippen MR) is 97.0 cm³/mol. The van der Waals surface area contributed by atoms with Gasteiger partial charge in [-0.3, -0.25) is 9.78 Å². The fourth-order valence-electron chi connectivity index (χ4n) is 2.96. The van der Waals surface area contributed by atoms with Crippen LogP contribution in [0, 0.1) is 0 Å². The lowest BCUT2D eigenvalue weighted by Gasteiger charge is -2.10. The molecule has 4 rings (SSSR count). The first kappa shape index (κ1) is 14.4. The van der Waals surface area contributed by atoms with Crippen molar-refractivity contribution in [2.75, 3.05) is 0 Å². The largest absolute Gasteiger partial charge is 0.310 e. The van der Waals surface area contributed by atoms with E-state index in [1.807, 2.05) is 79.0 Å². The van der Waals surface area contributed by atoms with Gasteiger partial charge in [-0.25, -0.2) is 0 Å². The summed E-state index contributed by atoms with van der Waals surface area (Å²) in [4.78, 5) is 17.4. The summed E-state index contributed by atoms with van der Waals surface area (Å²) in [7, 11) is 0. The lowest BCUT2D eigenvalue weighted by atomic mass is 10.0. The Hall–Kier alpha value is -3.20. The molecule has 0 atom stereocenters. The molecule has 2 aromatic heterocycles. The van der Waals surface area contributed by atoms with Crippen molar-refractivity contribution in [1.29, 1.82) is 0 Å². The van der Waals surface area contributed by atoms with Gasteiger partial charge in [-0.2, -0.15) is 0 Å². The van der Waals surface area contributed by atoms with E-state index in [0.29, 0.717) is 11.9 Å². The smallest absolute Gasteiger partial charge is 0.260 e. The molecule has 0 aliphatic heterocycles. The van der Waals surface area contributed by atoms with Gasteiger partial charge >= 0.3 is 0 Å². The Balaban J connectivity index is 1.90. The maximum atomic E-state index is 13.0. The molecule has 24 heavy (non-hydrogen) atoms. The lowest BCUT2D eigenvalue weighted by Crippen LogP contribution is -2.20. The van der Waals surface area contributed by atoms with E-state index in [9.17, 15) is 4.79 Å². The molecule has 0 aliphatic carbocycles. The van der Waals surface area contributed by atoms with E-state index in [2.05, 4.69) is 4.98 Å². The average molecular weight is 312 g/mol. The number of nitrogens with zero attached hydrogens (tertiary/aromatic N) is 2. The molecule has 4 aromatic rings. The van der Waals surface area contributed by atoms with E-state index < -0.39 is 0 Å². The van der Waals surface area contributed by atoms with Gasteiger partial charge in [0, 0.05) is 12.4 Å². The third-order valence-electron chi connectivity index (χ3n) is 4.15. The molecule has 3 heteroatoms. The van der Waals surface area contributed by atoms with E-state index in [-0.39, 0.29) is 5.56 Å². The molecule has 0 aliphatic rings. The summed E-state index contributed by atoms with van der Waals surface area (Å²) in [5.74, 6) is 0. The number of hydrogen-bond donors (Lipinski definition) is 0. The Bertz CT molecular complexity index is 1040. The quantitative estimate of drug-likeness (QED) is 0.570. The number of fused-ring (bicyclic) bond motifs is 1. The van der Waals surface area contributed by atoms with Gasteiger partial charge in [0.15, 0.2) is 0 Å². The SMILES string of the molecule is O=c1c2c(-c3ccccc3)ccnc2ccn1Cc1ccccc1. The Labute approximate surface area is 139 Å². The van der Waals surface area contributed by atoms with Gasteiger partial charge in [-0.1, -0.05) is 60.7 Å². The Morgan fingerprint density at radius 1 is 0.833 bits per heavy atom. The Kier molecular flexibility index (Phi) is 3.67. The van der Waals surface area contributed by atoms with Gasteiger partial charge in [0.1, 0.15) is 0 Å². The minimum absolute atomic E-state index is 0.0108. The highest BCUT2D eigenvalue weighted by Crippen LogP contribution is 2.24. The van der Waals surface area contributed by atoms with Gasteiger partial charge in [0.05, 0.1) is 17.4 Å². The highest BCUT2D eigenvalue weighted by atomic mass is 16.1. The van der Waals surface area contributed by atoms with Crippen molar-refractivity contribution in [3.8, 4) is 11.1 Å². The van der Waals surface area contributed by atoms with Crippen LogP contribution in [0.1, 0.15) is 5.56 Å². The fraction of sp³-hybridized carbons (Fsp3) is 0.0476. The number of aromatic nitrogens is 2. The Morgan fingerprint density at radius 3 is 2.29 bits per heavy atom. The first-order chi connectivity index (χ1) is 11.8. The second-order valence-electron chi connectivity index (χ2n) is 5.72. The van der Waals surface area contributed by atoms with Crippen molar-refractivity contribution in [3.63, 3.8) is 0 Å². The van der Waals surface area contributed by atoms with Crippen LogP contribution in [0.3, 0.4) is 0 Å². The van der Waals surface area contributed by atoms with Crippen LogP contribution >= 0.6 is 0 Å². The molecule has 0 fully saturated rings. The zero-order valence-electron chi connectivity index (χ0n) is 13.1. The minimum atomic E-state index is -0.0108. The maximum Gasteiger partial charge on any atom is 0.260 e. The third-order valence-corrected chi connectivity index (χ3v) is 4.15. The van der Waals surface area contributed by atoms with E-state index in [0.717, 1.165) is 22.2 Å². The molecule has 3 nitrogen and oxygen atoms in total. The van der Waals surface area contributed by atoms with Crippen molar-refractivity contribution in [3.05, 3.63) is 101 Å². The third kappa shape index (κ3) is 2.61. The average Bonchev–Trinajstić information content (AvgIpc) is 2.65. The van der Waals surface area contributed by atoms with E-state index in [1.54, 1.807) is 10.8 Å². The topological polar surface area (TPSA) is 34.9 Å². The highest BCUT2D eigenvalue weighted by molar-refractivity contribution is 5.93. The molecular weight excluding hydrogens is 296 g/mol. The van der Waals surface area contributed by atoms with Gasteiger partial charge in [-0.15, -0.1) is 0 Å². The van der Waals surface area contributed by atoms with Crippen LogP contribution in [0.4, 0.5) is 0 Å². The van der Waals surface area contributed by atoms with Crippen LogP contribution in [0.25, 0.3) is 22.0 Å². The zero-order chi connectivity index (χ0) is 16.4. The fourth-order valence-corrected chi connectivity index (χ4v) is 2.96. The second-order valence-corrected chi connectivity index (χ2v) is 5.72. The summed E-state index contributed by atoms with van der Waals surface area (Å²) in [6.45, 7) is 0.554. The monoisotopic (exact) mass is 312 g/mol. The summed E-state index contributed by atoms with van der Waals surface area (Å²) >= 11 is 0. The van der Waals surface area contributed by atoms with Crippen LogP contribution in [0.15, 0.2) is 90.0 Å². The van der Waals surface area contributed by atoms with Gasteiger partial charge < -0.3 is 4.57 Å². The summed E-state index contributed by atoms with van der Waals surface area (Å²) in [6.07, 6.45) is 3.57. The molecular formula is C21H16N2O. The van der Waals surface area contributed by atoms with Crippen LogP contribution in [0.2, 0.25) is 0 Å². The normalized spacial score (nSPS) is 10.8. The summed E-state index contributed by atoms with van der Waals surface area (Å²) in [6, 6.07) is 23.8. The standard InChI is InChI=1S/C21H16N2O/c24-21-20-18(17-9-5-2-6-10-17)11-13-22-19(20)12-14-23(21)15-16-7-3-1-4-8-16/h1-14H,15H2. The van der Waals surface area contributed by atoms with Crippen molar-refractivity contribution < 1.29 is 0 Å². The van der Waals surface area contributed by atoms with Gasteiger partial charge in [-0.05, 0) is 28.8 Å². The van der Waals surface area contributed by atoms with Crippen molar-refractivity contribution in [1.82, 2.24) is 9.55 Å². The van der Waals surface area contributed by atoms with Gasteiger partial charge in [0.2, 0.25) is 0 Å². The van der Waals surface area contributed by atoms with Crippen LogP contribution in [-0.2, 0) is 6.54 Å². The number of hydrogen-bond acceptors (Lipinski definition) is 2. The lowest BCUT2D eigenvalue weighted by molar-refractivity contribution is 0.767. The van der Waals surface area contributed by atoms with Crippen LogP contribution in [0.5, 0.6) is 0 Å². The van der Waals surface area contributed by atoms with Crippen LogP contribution < -0.4 is 5.56 Å². The van der Waals surface area contributed by atoms with E-state index >= 15 is 0 Å². The number of benzene rings is 2. The molecule has 0 bridgehead atoms. The molecule has 0 N–H and O–H groups in total. The molecule has 2 aromatic carbocycles. The molecule has 0 unspecified atom stereocenters. The van der Waals surface area contributed by atoms with Crippen molar-refractivity contribution in [2.45, 2.75) is 6.54 Å². The van der Waals surface area contributed by atoms with Crippen molar-refractivity contribution in [2.24, 2.45) is 0 Å². The molecule has 116 valence electrons. The molecule has 0 saturated carbocycles. The highest BCUT2D eigenvalue weighted by Gasteiger charge is 2.10. The summed E-state index contributed by atoms with van der Waals surface area (Å²) < 4.78 is 1.74. The van der Waals surface area contributed by atoms with E-state index in [4.69, 9.17) is 0 Å². The minimum Gasteiger partial charge on any atom is -0.310 e. The summed E-state index contributed by atoms with van der Waals surface area (Å²) in [5.41, 5.74) is 3.77. The van der Waals surface area contributed by atoms with Crippen molar-refractivity contribution >= 4 is 10.9 Å². The number of pyridine rings is 2. The van der Waals surface area contributed by atoms with Gasteiger partial charge in [0.25, 0.3) is 5.56 Å². The molecule has 0 amide bonds. The first-order valence-electron chi connectivity index (χ1n) is 7.90. The molecule has 0 radical (unpaired) electrons. The maximum absolute atomic E-state index is 13.0. The first-order valence-corrected chi connectivity index (χ1v) is 7.90.